The molecule has 112 valence electrons. The van der Waals surface area contributed by atoms with E-state index in [0.29, 0.717) is 10.3 Å². The van der Waals surface area contributed by atoms with Gasteiger partial charge in [-0.2, -0.15) is 4.74 Å². The minimum Gasteiger partial charge on any atom is -0.623 e. The third-order valence-corrected chi connectivity index (χ3v) is 5.49. The molecule has 0 aliphatic carbocycles. The highest BCUT2D eigenvalue weighted by Crippen LogP contribution is 2.59. The first-order valence-corrected chi connectivity index (χ1v) is 8.02. The number of hydrogen-bond acceptors (Lipinski definition) is 5. The zero-order chi connectivity index (χ0) is 15.2. The quantitative estimate of drug-likeness (QED) is 0.254. The molecule has 6 nitrogen and oxygen atoms in total. The standard InChI is InChI=1S/C13H21N2O4P/c1-5-18-20(17,19-6-2)13(3,4)15(16)11-12-8-7-9-14-10-12/h7-11H,5-6H2,1-4H3/b15-11-. The lowest BCUT2D eigenvalue weighted by atomic mass is 10.3. The summed E-state index contributed by atoms with van der Waals surface area (Å²) in [7, 11) is -3.55. The van der Waals surface area contributed by atoms with Crippen molar-refractivity contribution in [3.8, 4) is 0 Å². The van der Waals surface area contributed by atoms with Gasteiger partial charge >= 0.3 is 7.60 Å². The zero-order valence-electron chi connectivity index (χ0n) is 12.3. The van der Waals surface area contributed by atoms with Gasteiger partial charge in [-0.1, -0.05) is 0 Å². The molecule has 1 aromatic heterocycles. The van der Waals surface area contributed by atoms with E-state index in [-0.39, 0.29) is 13.2 Å². The van der Waals surface area contributed by atoms with E-state index < -0.39 is 12.9 Å². The van der Waals surface area contributed by atoms with Crippen molar-refractivity contribution in [2.24, 2.45) is 0 Å². The van der Waals surface area contributed by atoms with E-state index in [2.05, 4.69) is 4.98 Å². The van der Waals surface area contributed by atoms with Crippen molar-refractivity contribution < 1.29 is 18.4 Å². The molecule has 0 N–H and O–H groups in total. The van der Waals surface area contributed by atoms with Crippen LogP contribution in [0.5, 0.6) is 0 Å². The van der Waals surface area contributed by atoms with Crippen molar-refractivity contribution in [2.45, 2.75) is 33.0 Å². The van der Waals surface area contributed by atoms with Crippen molar-refractivity contribution >= 4 is 13.8 Å². The van der Waals surface area contributed by atoms with Gasteiger partial charge in [0.15, 0.2) is 6.21 Å². The first-order valence-electron chi connectivity index (χ1n) is 6.48. The molecular formula is C13H21N2O4P. The lowest BCUT2D eigenvalue weighted by molar-refractivity contribution is -0.510. The number of hydrogen-bond donors (Lipinski definition) is 0. The van der Waals surface area contributed by atoms with Gasteiger partial charge in [0, 0.05) is 26.2 Å². The minimum absolute atomic E-state index is 0.210. The summed E-state index contributed by atoms with van der Waals surface area (Å²) >= 11 is 0. The molecule has 1 rings (SSSR count). The molecule has 0 fully saturated rings. The monoisotopic (exact) mass is 300 g/mol. The Morgan fingerprint density at radius 3 is 2.45 bits per heavy atom. The summed E-state index contributed by atoms with van der Waals surface area (Å²) in [6.07, 6.45) is 4.49. The summed E-state index contributed by atoms with van der Waals surface area (Å²) in [5, 5.41) is 11.0. The fourth-order valence-corrected chi connectivity index (χ4v) is 3.24. The van der Waals surface area contributed by atoms with Gasteiger partial charge in [0.25, 0.3) is 5.28 Å². The van der Waals surface area contributed by atoms with E-state index >= 15 is 0 Å². The Morgan fingerprint density at radius 1 is 1.40 bits per heavy atom. The molecule has 20 heavy (non-hydrogen) atoms. The first-order chi connectivity index (χ1) is 9.37. The lowest BCUT2D eigenvalue weighted by Crippen LogP contribution is -2.35. The number of nitrogens with zero attached hydrogens (tertiary/aromatic N) is 2. The van der Waals surface area contributed by atoms with Gasteiger partial charge in [-0.3, -0.25) is 9.55 Å². The first kappa shape index (κ1) is 16.8. The molecule has 0 bridgehead atoms. The molecule has 7 heteroatoms. The number of hydroxylamine groups is 1. The predicted molar refractivity (Wildman–Crippen MR) is 78.0 cm³/mol. The molecule has 0 amide bonds. The van der Waals surface area contributed by atoms with Gasteiger partial charge in [0.2, 0.25) is 0 Å². The Balaban J connectivity index is 3.12. The largest absolute Gasteiger partial charge is 0.623 e. The maximum absolute atomic E-state index is 12.7. The van der Waals surface area contributed by atoms with Crippen LogP contribution in [-0.2, 0) is 13.6 Å². The number of aromatic nitrogens is 1. The normalized spacial score (nSPS) is 13.5. The summed E-state index contributed by atoms with van der Waals surface area (Å²) in [5.74, 6) is 0. The Morgan fingerprint density at radius 2 is 2.00 bits per heavy atom. The summed E-state index contributed by atoms with van der Waals surface area (Å²) < 4.78 is 23.9. The van der Waals surface area contributed by atoms with E-state index in [1.165, 1.54) is 6.21 Å². The molecule has 0 saturated carbocycles. The smallest absolute Gasteiger partial charge is 0.401 e. The van der Waals surface area contributed by atoms with Crippen molar-refractivity contribution in [2.75, 3.05) is 13.2 Å². The van der Waals surface area contributed by atoms with E-state index in [1.54, 1.807) is 52.2 Å². The van der Waals surface area contributed by atoms with Crippen LogP contribution in [0, 0.1) is 5.21 Å². The van der Waals surface area contributed by atoms with Crippen molar-refractivity contribution in [1.29, 1.82) is 0 Å². The summed E-state index contributed by atoms with van der Waals surface area (Å²) in [6.45, 7) is 6.92. The second-order valence-electron chi connectivity index (χ2n) is 4.57. The SMILES string of the molecule is CCOP(=O)(OCC)C(C)(C)/[N+]([O-])=C/c1cccnc1. The fourth-order valence-electron chi connectivity index (χ4n) is 1.56. The van der Waals surface area contributed by atoms with Crippen LogP contribution in [0.4, 0.5) is 0 Å². The molecule has 0 radical (unpaired) electrons. The highest BCUT2D eigenvalue weighted by molar-refractivity contribution is 7.55. The average Bonchev–Trinajstić information content (AvgIpc) is 2.40. The molecule has 1 aromatic rings. The highest BCUT2D eigenvalue weighted by Gasteiger charge is 2.51. The Labute approximate surface area is 119 Å². The van der Waals surface area contributed by atoms with Gasteiger partial charge in [-0.15, -0.1) is 0 Å². The van der Waals surface area contributed by atoms with Crippen LogP contribution in [0.1, 0.15) is 33.3 Å². The molecule has 0 aliphatic heterocycles. The van der Waals surface area contributed by atoms with Gasteiger partial charge in [-0.25, -0.2) is 0 Å². The molecular weight excluding hydrogens is 279 g/mol. The predicted octanol–water partition coefficient (Wildman–Crippen LogP) is 3.01. The van der Waals surface area contributed by atoms with Crippen LogP contribution in [0.15, 0.2) is 24.5 Å². The second-order valence-corrected chi connectivity index (χ2v) is 7.17. The fraction of sp³-hybridized carbons (Fsp3) is 0.538. The molecule has 0 aliphatic rings. The van der Waals surface area contributed by atoms with Crippen LogP contribution in [-0.4, -0.2) is 34.4 Å². The molecule has 0 spiro atoms. The van der Waals surface area contributed by atoms with Crippen LogP contribution in [0.3, 0.4) is 0 Å². The highest BCUT2D eigenvalue weighted by atomic mass is 31.2. The molecule has 0 unspecified atom stereocenters. The lowest BCUT2D eigenvalue weighted by Gasteiger charge is -2.30. The minimum atomic E-state index is -3.55. The number of rotatable bonds is 7. The average molecular weight is 300 g/mol. The molecule has 1 heterocycles. The van der Waals surface area contributed by atoms with Crippen molar-refractivity contribution in [1.82, 2.24) is 4.98 Å². The topological polar surface area (TPSA) is 74.5 Å². The van der Waals surface area contributed by atoms with Gasteiger partial charge < -0.3 is 14.3 Å². The summed E-state index contributed by atoms with van der Waals surface area (Å²) in [6, 6.07) is 3.46. The van der Waals surface area contributed by atoms with Gasteiger partial charge in [0.1, 0.15) is 0 Å². The van der Waals surface area contributed by atoms with E-state index in [0.717, 1.165) is 0 Å². The van der Waals surface area contributed by atoms with Crippen LogP contribution in [0.2, 0.25) is 0 Å². The Bertz CT molecular complexity index is 492. The Kier molecular flexibility index (Phi) is 5.87. The molecule has 0 atom stereocenters. The summed E-state index contributed by atoms with van der Waals surface area (Å²) in [5.41, 5.74) is 0.620. The second kappa shape index (κ2) is 6.97. The maximum atomic E-state index is 12.7. The van der Waals surface area contributed by atoms with Crippen LogP contribution in [0.25, 0.3) is 0 Å². The molecule has 0 saturated heterocycles. The van der Waals surface area contributed by atoms with Crippen LogP contribution < -0.4 is 0 Å². The van der Waals surface area contributed by atoms with E-state index in [4.69, 9.17) is 9.05 Å². The van der Waals surface area contributed by atoms with Gasteiger partial charge in [-0.05, 0) is 26.0 Å². The molecule has 0 aromatic carbocycles. The van der Waals surface area contributed by atoms with Crippen molar-refractivity contribution in [3.63, 3.8) is 0 Å². The number of pyridine rings is 1. The van der Waals surface area contributed by atoms with E-state index in [9.17, 15) is 9.77 Å². The third-order valence-electron chi connectivity index (χ3n) is 2.76. The van der Waals surface area contributed by atoms with E-state index in [1.807, 2.05) is 0 Å². The van der Waals surface area contributed by atoms with Gasteiger partial charge in [0.05, 0.1) is 18.8 Å². The third kappa shape index (κ3) is 3.66. The Hall–Kier alpha value is -1.23. The van der Waals surface area contributed by atoms with Crippen molar-refractivity contribution in [3.05, 3.63) is 35.3 Å². The van der Waals surface area contributed by atoms with Crippen LogP contribution >= 0.6 is 7.60 Å². The zero-order valence-corrected chi connectivity index (χ0v) is 13.2. The maximum Gasteiger partial charge on any atom is 0.401 e. The summed E-state index contributed by atoms with van der Waals surface area (Å²) in [4.78, 5) is 3.93.